The van der Waals surface area contributed by atoms with Gasteiger partial charge in [0.1, 0.15) is 12.4 Å². The summed E-state index contributed by atoms with van der Waals surface area (Å²) in [6.45, 7) is -0.620. The van der Waals surface area contributed by atoms with Gasteiger partial charge < -0.3 is 5.11 Å². The smallest absolute Gasteiger partial charge is 0.189 e. The van der Waals surface area contributed by atoms with Crippen LogP contribution < -0.4 is 0 Å². The molecule has 0 saturated carbocycles. The van der Waals surface area contributed by atoms with Crippen LogP contribution in [0.2, 0.25) is 5.02 Å². The zero-order valence-corrected chi connectivity index (χ0v) is 6.81. The lowest BCUT2D eigenvalue weighted by atomic mass is 10.1. The predicted molar refractivity (Wildman–Crippen MR) is 42.8 cm³/mol. The normalized spacial score (nSPS) is 9.92. The molecule has 0 aliphatic rings. The molecule has 2 nitrogen and oxygen atoms in total. The molecule has 0 aliphatic carbocycles. The van der Waals surface area contributed by atoms with E-state index in [0.717, 1.165) is 12.1 Å². The summed E-state index contributed by atoms with van der Waals surface area (Å²) in [7, 11) is 0. The summed E-state index contributed by atoms with van der Waals surface area (Å²) in [5.74, 6) is -1.02. The molecule has 0 aromatic heterocycles. The molecule has 1 aromatic carbocycles. The van der Waals surface area contributed by atoms with Gasteiger partial charge in [-0.2, -0.15) is 0 Å². The summed E-state index contributed by atoms with van der Waals surface area (Å²) in [5, 5.41) is 8.50. The van der Waals surface area contributed by atoms with Crippen LogP contribution in [0, 0.1) is 5.82 Å². The molecule has 0 saturated heterocycles. The molecule has 0 unspecified atom stereocenters. The minimum absolute atomic E-state index is 0.0223. The monoisotopic (exact) mass is 188 g/mol. The maximum absolute atomic E-state index is 12.5. The van der Waals surface area contributed by atoms with E-state index < -0.39 is 18.2 Å². The van der Waals surface area contributed by atoms with Crippen LogP contribution in [-0.4, -0.2) is 17.5 Å². The van der Waals surface area contributed by atoms with Gasteiger partial charge in [-0.3, -0.25) is 4.79 Å². The molecule has 64 valence electrons. The Labute approximate surface area is 73.6 Å². The van der Waals surface area contributed by atoms with Crippen molar-refractivity contribution >= 4 is 17.4 Å². The van der Waals surface area contributed by atoms with Crippen LogP contribution in [0.25, 0.3) is 0 Å². The van der Waals surface area contributed by atoms with Gasteiger partial charge in [0.15, 0.2) is 5.78 Å². The fraction of sp³-hybridized carbons (Fsp3) is 0.125. The lowest BCUT2D eigenvalue weighted by molar-refractivity contribution is 0.0904. The molecule has 1 rings (SSSR count). The van der Waals surface area contributed by atoms with E-state index in [9.17, 15) is 9.18 Å². The van der Waals surface area contributed by atoms with Gasteiger partial charge in [-0.15, -0.1) is 0 Å². The number of carbonyl (C=O) groups is 1. The molecule has 0 amide bonds. The number of Topliss-reactive ketones (excluding diaryl/α,β-unsaturated/α-hetero) is 1. The van der Waals surface area contributed by atoms with Crippen LogP contribution in [0.1, 0.15) is 10.4 Å². The second-order valence-corrected chi connectivity index (χ2v) is 2.61. The van der Waals surface area contributed by atoms with Crippen LogP contribution in [-0.2, 0) is 0 Å². The Hall–Kier alpha value is -0.930. The summed E-state index contributed by atoms with van der Waals surface area (Å²) >= 11 is 5.53. The third kappa shape index (κ3) is 1.81. The molecule has 0 spiro atoms. The number of ketones is 1. The minimum Gasteiger partial charge on any atom is -0.388 e. The number of halogens is 2. The molecule has 0 radical (unpaired) electrons. The molecule has 1 N–H and O–H groups in total. The van der Waals surface area contributed by atoms with Crippen LogP contribution in [0.5, 0.6) is 0 Å². The van der Waals surface area contributed by atoms with Crippen LogP contribution in [0.3, 0.4) is 0 Å². The zero-order valence-electron chi connectivity index (χ0n) is 6.05. The van der Waals surface area contributed by atoms with Gasteiger partial charge in [-0.25, -0.2) is 4.39 Å². The minimum atomic E-state index is -0.620. The van der Waals surface area contributed by atoms with Crippen molar-refractivity contribution in [3.63, 3.8) is 0 Å². The maximum Gasteiger partial charge on any atom is 0.189 e. The van der Waals surface area contributed by atoms with Crippen LogP contribution >= 0.6 is 11.6 Å². The Bertz CT molecular complexity index is 312. The van der Waals surface area contributed by atoms with Crippen LogP contribution in [0.4, 0.5) is 4.39 Å². The standard InChI is InChI=1S/C8H6ClFO2/c9-7-3-5(10)1-2-6(7)8(12)4-11/h1-3,11H,4H2. The number of aliphatic hydroxyl groups excluding tert-OH is 1. The van der Waals surface area contributed by atoms with Crippen molar-refractivity contribution < 1.29 is 14.3 Å². The topological polar surface area (TPSA) is 37.3 Å². The fourth-order valence-corrected chi connectivity index (χ4v) is 1.07. The Morgan fingerprint density at radius 1 is 1.58 bits per heavy atom. The molecule has 4 heteroatoms. The second-order valence-electron chi connectivity index (χ2n) is 2.21. The molecule has 0 bridgehead atoms. The molecule has 0 heterocycles. The number of hydrogen-bond acceptors (Lipinski definition) is 2. The van der Waals surface area contributed by atoms with Crippen molar-refractivity contribution in [2.45, 2.75) is 0 Å². The highest BCUT2D eigenvalue weighted by atomic mass is 35.5. The third-order valence-electron chi connectivity index (χ3n) is 1.38. The lowest BCUT2D eigenvalue weighted by Gasteiger charge is -1.99. The van der Waals surface area contributed by atoms with E-state index in [-0.39, 0.29) is 10.6 Å². The number of carbonyl (C=O) groups excluding carboxylic acids is 1. The highest BCUT2D eigenvalue weighted by Gasteiger charge is 2.08. The average Bonchev–Trinajstić information content (AvgIpc) is 2.03. The molecule has 0 fully saturated rings. The van der Waals surface area contributed by atoms with E-state index in [1.54, 1.807) is 0 Å². The molecule has 1 aromatic rings. The van der Waals surface area contributed by atoms with Gasteiger partial charge in [-0.1, -0.05) is 11.6 Å². The Morgan fingerprint density at radius 2 is 2.25 bits per heavy atom. The van der Waals surface area contributed by atoms with Gasteiger partial charge in [-0.05, 0) is 18.2 Å². The van der Waals surface area contributed by atoms with Crippen molar-refractivity contribution in [2.24, 2.45) is 0 Å². The summed E-state index contributed by atoms with van der Waals surface area (Å²) < 4.78 is 12.5. The highest BCUT2D eigenvalue weighted by molar-refractivity contribution is 6.34. The van der Waals surface area contributed by atoms with Gasteiger partial charge in [0.05, 0.1) is 5.02 Å². The first-order chi connectivity index (χ1) is 5.65. The SMILES string of the molecule is O=C(CO)c1ccc(F)cc1Cl. The number of rotatable bonds is 2. The van der Waals surface area contributed by atoms with Crippen molar-refractivity contribution in [2.75, 3.05) is 6.61 Å². The van der Waals surface area contributed by atoms with Gasteiger partial charge in [0.2, 0.25) is 0 Å². The van der Waals surface area contributed by atoms with Crippen molar-refractivity contribution in [1.29, 1.82) is 0 Å². The summed E-state index contributed by atoms with van der Waals surface area (Å²) in [6.07, 6.45) is 0. The number of benzene rings is 1. The Kier molecular flexibility index (Phi) is 2.78. The maximum atomic E-state index is 12.5. The highest BCUT2D eigenvalue weighted by Crippen LogP contribution is 2.17. The fourth-order valence-electron chi connectivity index (χ4n) is 0.801. The van der Waals surface area contributed by atoms with Gasteiger partial charge in [0.25, 0.3) is 0 Å². The predicted octanol–water partition coefficient (Wildman–Crippen LogP) is 1.65. The van der Waals surface area contributed by atoms with E-state index >= 15 is 0 Å². The second kappa shape index (κ2) is 3.65. The van der Waals surface area contributed by atoms with Crippen molar-refractivity contribution in [3.8, 4) is 0 Å². The average molecular weight is 189 g/mol. The van der Waals surface area contributed by atoms with E-state index in [1.807, 2.05) is 0 Å². The summed E-state index contributed by atoms with van der Waals surface area (Å²) in [6, 6.07) is 3.40. The molecule has 0 atom stereocenters. The lowest BCUT2D eigenvalue weighted by Crippen LogP contribution is -2.04. The number of aliphatic hydroxyl groups is 1. The third-order valence-corrected chi connectivity index (χ3v) is 1.69. The van der Waals surface area contributed by atoms with Gasteiger partial charge >= 0.3 is 0 Å². The molecule has 0 aliphatic heterocycles. The van der Waals surface area contributed by atoms with E-state index in [4.69, 9.17) is 16.7 Å². The first-order valence-corrected chi connectivity index (χ1v) is 3.62. The molecular weight excluding hydrogens is 183 g/mol. The van der Waals surface area contributed by atoms with Crippen molar-refractivity contribution in [3.05, 3.63) is 34.6 Å². The first-order valence-electron chi connectivity index (χ1n) is 3.24. The largest absolute Gasteiger partial charge is 0.388 e. The Morgan fingerprint density at radius 3 is 2.75 bits per heavy atom. The van der Waals surface area contributed by atoms with Gasteiger partial charge in [0, 0.05) is 5.56 Å². The zero-order chi connectivity index (χ0) is 9.14. The van der Waals surface area contributed by atoms with Crippen molar-refractivity contribution in [1.82, 2.24) is 0 Å². The molecule has 12 heavy (non-hydrogen) atoms. The van der Waals surface area contributed by atoms with Crippen LogP contribution in [0.15, 0.2) is 18.2 Å². The first kappa shape index (κ1) is 9.16. The summed E-state index contributed by atoms with van der Waals surface area (Å²) in [4.78, 5) is 10.9. The quantitative estimate of drug-likeness (QED) is 0.717. The van der Waals surface area contributed by atoms with E-state index in [0.29, 0.717) is 0 Å². The Balaban J connectivity index is 3.09. The summed E-state index contributed by atoms with van der Waals surface area (Å²) in [5.41, 5.74) is 0.139. The van der Waals surface area contributed by atoms with E-state index in [1.165, 1.54) is 6.07 Å². The molecular formula is C8H6ClFO2. The number of hydrogen-bond donors (Lipinski definition) is 1. The van der Waals surface area contributed by atoms with E-state index in [2.05, 4.69) is 0 Å².